The molecule has 0 radical (unpaired) electrons. The van der Waals surface area contributed by atoms with Gasteiger partial charge in [-0.15, -0.1) is 0 Å². The van der Waals surface area contributed by atoms with Crippen molar-refractivity contribution < 1.29 is 9.84 Å². The summed E-state index contributed by atoms with van der Waals surface area (Å²) in [7, 11) is 0. The molecule has 1 rings (SSSR count). The van der Waals surface area contributed by atoms with Gasteiger partial charge in [-0.2, -0.15) is 0 Å². The van der Waals surface area contributed by atoms with Crippen molar-refractivity contribution in [3.05, 3.63) is 23.8 Å². The maximum absolute atomic E-state index is 8.52. The first-order valence-corrected chi connectivity index (χ1v) is 5.53. The molecule has 4 nitrogen and oxygen atoms in total. The molecule has 16 heavy (non-hydrogen) atoms. The van der Waals surface area contributed by atoms with Crippen LogP contribution in [0.15, 0.2) is 18.2 Å². The summed E-state index contributed by atoms with van der Waals surface area (Å²) < 4.78 is 5.16. The molecule has 4 heteroatoms. The molecule has 90 valence electrons. The Morgan fingerprint density at radius 2 is 2.19 bits per heavy atom. The van der Waals surface area contributed by atoms with Crippen LogP contribution < -0.4 is 11.1 Å². The number of para-hydroxylation sites is 1. The number of nitrogens with one attached hydrogen (secondary N) is 1. The Morgan fingerprint density at radius 3 is 2.88 bits per heavy atom. The maximum atomic E-state index is 8.52. The molecule has 0 unspecified atom stereocenters. The predicted octanol–water partition coefficient (Wildman–Crippen LogP) is 1.39. The number of benzene rings is 1. The van der Waals surface area contributed by atoms with E-state index in [1.165, 1.54) is 0 Å². The van der Waals surface area contributed by atoms with Gasteiger partial charge < -0.3 is 20.9 Å². The lowest BCUT2D eigenvalue weighted by molar-refractivity contribution is 0.0922. The first kappa shape index (κ1) is 12.8. The molecular weight excluding hydrogens is 204 g/mol. The van der Waals surface area contributed by atoms with E-state index in [9.17, 15) is 0 Å². The van der Waals surface area contributed by atoms with Crippen LogP contribution in [-0.4, -0.2) is 31.5 Å². The van der Waals surface area contributed by atoms with Crippen molar-refractivity contribution in [3.8, 4) is 0 Å². The Bertz CT molecular complexity index is 296. The fraction of sp³-hybridized carbons (Fsp3) is 0.500. The molecule has 0 aromatic heterocycles. The summed E-state index contributed by atoms with van der Waals surface area (Å²) in [4.78, 5) is 0. The third-order valence-electron chi connectivity index (χ3n) is 2.31. The molecule has 1 aromatic rings. The highest BCUT2D eigenvalue weighted by Gasteiger charge is 2.00. The number of hydrogen-bond acceptors (Lipinski definition) is 4. The lowest BCUT2D eigenvalue weighted by Gasteiger charge is -2.12. The number of aliphatic hydroxyl groups is 1. The number of rotatable bonds is 7. The van der Waals surface area contributed by atoms with E-state index in [1.807, 2.05) is 25.1 Å². The fourth-order valence-corrected chi connectivity index (χ4v) is 1.49. The summed E-state index contributed by atoms with van der Waals surface area (Å²) >= 11 is 0. The van der Waals surface area contributed by atoms with E-state index in [4.69, 9.17) is 15.6 Å². The quantitative estimate of drug-likeness (QED) is 0.483. The molecule has 0 fully saturated rings. The monoisotopic (exact) mass is 224 g/mol. The van der Waals surface area contributed by atoms with E-state index in [2.05, 4.69) is 5.32 Å². The third-order valence-corrected chi connectivity index (χ3v) is 2.31. The second-order valence-electron chi connectivity index (χ2n) is 3.66. The van der Waals surface area contributed by atoms with Crippen LogP contribution in [-0.2, 0) is 4.74 Å². The van der Waals surface area contributed by atoms with Crippen molar-refractivity contribution in [1.29, 1.82) is 0 Å². The molecule has 4 N–H and O–H groups in total. The van der Waals surface area contributed by atoms with Gasteiger partial charge in [0, 0.05) is 13.2 Å². The summed E-state index contributed by atoms with van der Waals surface area (Å²) in [5, 5.41) is 11.8. The highest BCUT2D eigenvalue weighted by molar-refractivity contribution is 5.69. The highest BCUT2D eigenvalue weighted by Crippen LogP contribution is 2.22. The number of aryl methyl sites for hydroxylation is 1. The van der Waals surface area contributed by atoms with Crippen LogP contribution in [0, 0.1) is 6.92 Å². The van der Waals surface area contributed by atoms with Gasteiger partial charge in [0.25, 0.3) is 0 Å². The van der Waals surface area contributed by atoms with E-state index >= 15 is 0 Å². The van der Waals surface area contributed by atoms with E-state index in [0.717, 1.165) is 29.9 Å². The van der Waals surface area contributed by atoms with Crippen LogP contribution in [0.25, 0.3) is 0 Å². The average molecular weight is 224 g/mol. The second kappa shape index (κ2) is 7.09. The Labute approximate surface area is 96.4 Å². The van der Waals surface area contributed by atoms with E-state index in [-0.39, 0.29) is 6.61 Å². The zero-order chi connectivity index (χ0) is 11.8. The van der Waals surface area contributed by atoms with Crippen LogP contribution in [0.1, 0.15) is 12.0 Å². The maximum Gasteiger partial charge on any atom is 0.0697 e. The van der Waals surface area contributed by atoms with Crippen molar-refractivity contribution in [2.45, 2.75) is 13.3 Å². The molecule has 0 saturated carbocycles. The number of anilines is 2. The zero-order valence-corrected chi connectivity index (χ0v) is 9.70. The molecule has 0 spiro atoms. The van der Waals surface area contributed by atoms with E-state index in [0.29, 0.717) is 13.2 Å². The van der Waals surface area contributed by atoms with Gasteiger partial charge in [0.15, 0.2) is 0 Å². The van der Waals surface area contributed by atoms with Gasteiger partial charge in [-0.3, -0.25) is 0 Å². The first-order valence-electron chi connectivity index (χ1n) is 5.53. The van der Waals surface area contributed by atoms with Crippen molar-refractivity contribution in [3.63, 3.8) is 0 Å². The molecule has 1 aromatic carbocycles. The lowest BCUT2D eigenvalue weighted by Crippen LogP contribution is -2.09. The minimum atomic E-state index is 0.0815. The van der Waals surface area contributed by atoms with E-state index in [1.54, 1.807) is 0 Å². The molecule has 0 saturated heterocycles. The summed E-state index contributed by atoms with van der Waals surface area (Å²) in [6, 6.07) is 5.86. The van der Waals surface area contributed by atoms with Gasteiger partial charge in [0.1, 0.15) is 0 Å². The Kier molecular flexibility index (Phi) is 5.67. The van der Waals surface area contributed by atoms with Gasteiger partial charge in [-0.25, -0.2) is 0 Å². The van der Waals surface area contributed by atoms with Crippen molar-refractivity contribution in [2.75, 3.05) is 37.4 Å². The molecule has 0 heterocycles. The second-order valence-corrected chi connectivity index (χ2v) is 3.66. The zero-order valence-electron chi connectivity index (χ0n) is 9.70. The van der Waals surface area contributed by atoms with Crippen LogP contribution >= 0.6 is 0 Å². The number of nitrogen functional groups attached to an aromatic ring is 1. The minimum absolute atomic E-state index is 0.0815. The molecule has 0 atom stereocenters. The summed E-state index contributed by atoms with van der Waals surface area (Å²) in [5.74, 6) is 0. The molecule has 0 aliphatic carbocycles. The molecule has 0 bridgehead atoms. The Hall–Kier alpha value is -1.26. The molecular formula is C12H20N2O2. The van der Waals surface area contributed by atoms with Gasteiger partial charge in [-0.05, 0) is 25.0 Å². The van der Waals surface area contributed by atoms with Gasteiger partial charge in [-0.1, -0.05) is 12.1 Å². The smallest absolute Gasteiger partial charge is 0.0697 e. The average Bonchev–Trinajstić information content (AvgIpc) is 2.26. The number of hydrogen-bond donors (Lipinski definition) is 3. The molecule has 0 amide bonds. The van der Waals surface area contributed by atoms with E-state index < -0.39 is 0 Å². The van der Waals surface area contributed by atoms with Crippen LogP contribution in [0.3, 0.4) is 0 Å². The Balaban J connectivity index is 2.26. The largest absolute Gasteiger partial charge is 0.397 e. The summed E-state index contributed by atoms with van der Waals surface area (Å²) in [5.41, 5.74) is 8.78. The standard InChI is InChI=1S/C12H20N2O2/c1-10-4-2-5-11(13)12(10)14-6-3-8-16-9-7-15/h2,4-5,14-15H,3,6-9,13H2,1H3. The normalized spacial score (nSPS) is 10.4. The van der Waals surface area contributed by atoms with Gasteiger partial charge in [0.05, 0.1) is 24.6 Å². The number of ether oxygens (including phenoxy) is 1. The first-order chi connectivity index (χ1) is 7.75. The van der Waals surface area contributed by atoms with Crippen molar-refractivity contribution in [1.82, 2.24) is 0 Å². The van der Waals surface area contributed by atoms with Crippen LogP contribution in [0.5, 0.6) is 0 Å². The van der Waals surface area contributed by atoms with Gasteiger partial charge >= 0.3 is 0 Å². The van der Waals surface area contributed by atoms with Crippen LogP contribution in [0.2, 0.25) is 0 Å². The van der Waals surface area contributed by atoms with Gasteiger partial charge in [0.2, 0.25) is 0 Å². The summed E-state index contributed by atoms with van der Waals surface area (Å²) in [6.07, 6.45) is 0.897. The van der Waals surface area contributed by atoms with Crippen LogP contribution in [0.4, 0.5) is 11.4 Å². The molecule has 0 aliphatic heterocycles. The summed E-state index contributed by atoms with van der Waals surface area (Å²) in [6.45, 7) is 3.99. The number of nitrogens with two attached hydrogens (primary N) is 1. The molecule has 0 aliphatic rings. The predicted molar refractivity (Wildman–Crippen MR) is 66.6 cm³/mol. The SMILES string of the molecule is Cc1cccc(N)c1NCCCOCCO. The minimum Gasteiger partial charge on any atom is -0.397 e. The Morgan fingerprint density at radius 1 is 1.38 bits per heavy atom. The topological polar surface area (TPSA) is 67.5 Å². The highest BCUT2D eigenvalue weighted by atomic mass is 16.5. The third kappa shape index (κ3) is 4.08. The lowest BCUT2D eigenvalue weighted by atomic mass is 10.1. The fourth-order valence-electron chi connectivity index (χ4n) is 1.49. The number of aliphatic hydroxyl groups excluding tert-OH is 1. The van der Waals surface area contributed by atoms with Crippen molar-refractivity contribution >= 4 is 11.4 Å². The van der Waals surface area contributed by atoms with Crippen molar-refractivity contribution in [2.24, 2.45) is 0 Å².